The van der Waals surface area contributed by atoms with E-state index in [1.54, 1.807) is 0 Å². The molecule has 1 N–H and O–H groups in total. The van der Waals surface area contributed by atoms with Gasteiger partial charge in [-0.1, -0.05) is 17.7 Å². The number of ether oxygens (including phenoxy) is 1. The van der Waals surface area contributed by atoms with Gasteiger partial charge >= 0.3 is 0 Å². The maximum Gasteiger partial charge on any atom is 0.257 e. The summed E-state index contributed by atoms with van der Waals surface area (Å²) >= 11 is 5.70. The van der Waals surface area contributed by atoms with Crippen LogP contribution in [0.5, 0.6) is 0 Å². The summed E-state index contributed by atoms with van der Waals surface area (Å²) in [4.78, 5) is 13.9. The lowest BCUT2D eigenvalue weighted by Gasteiger charge is -2.42. The highest BCUT2D eigenvalue weighted by atomic mass is 35.5. The third-order valence-corrected chi connectivity index (χ3v) is 3.45. The SMILES string of the molecule is CC1(C)CN(C(=O)c2cccc(Cl)c2F)CC(CO)O1. The van der Waals surface area contributed by atoms with Gasteiger partial charge in [0.05, 0.1) is 28.9 Å². The Labute approximate surface area is 122 Å². The fourth-order valence-electron chi connectivity index (χ4n) is 2.38. The average molecular weight is 302 g/mol. The van der Waals surface area contributed by atoms with Crippen molar-refractivity contribution in [3.8, 4) is 0 Å². The van der Waals surface area contributed by atoms with E-state index in [9.17, 15) is 14.3 Å². The summed E-state index contributed by atoms with van der Waals surface area (Å²) in [6, 6.07) is 4.33. The lowest BCUT2D eigenvalue weighted by Crippen LogP contribution is -2.55. The number of aliphatic hydroxyl groups excluding tert-OH is 1. The molecule has 110 valence electrons. The van der Waals surface area contributed by atoms with Crippen molar-refractivity contribution in [2.45, 2.75) is 25.6 Å². The number of rotatable bonds is 2. The third-order valence-electron chi connectivity index (χ3n) is 3.15. The predicted molar refractivity (Wildman–Crippen MR) is 73.4 cm³/mol. The first-order chi connectivity index (χ1) is 9.34. The molecule has 1 fully saturated rings. The zero-order valence-corrected chi connectivity index (χ0v) is 12.2. The Morgan fingerprint density at radius 3 is 2.95 bits per heavy atom. The van der Waals surface area contributed by atoms with E-state index in [0.717, 1.165) is 0 Å². The molecule has 4 nitrogen and oxygen atoms in total. The Hall–Kier alpha value is -1.17. The second-order valence-electron chi connectivity index (χ2n) is 5.47. The molecular formula is C14H17ClFNO3. The molecule has 1 atom stereocenters. The third kappa shape index (κ3) is 3.11. The normalized spacial score (nSPS) is 21.9. The van der Waals surface area contributed by atoms with Gasteiger partial charge in [-0.25, -0.2) is 4.39 Å². The maximum absolute atomic E-state index is 13.9. The van der Waals surface area contributed by atoms with E-state index in [4.69, 9.17) is 16.3 Å². The Bertz CT molecular complexity index is 521. The van der Waals surface area contributed by atoms with Gasteiger partial charge in [0.15, 0.2) is 5.82 Å². The Morgan fingerprint density at radius 1 is 1.60 bits per heavy atom. The Morgan fingerprint density at radius 2 is 2.30 bits per heavy atom. The maximum atomic E-state index is 13.9. The fourth-order valence-corrected chi connectivity index (χ4v) is 2.56. The molecule has 1 unspecified atom stereocenters. The second kappa shape index (κ2) is 5.68. The quantitative estimate of drug-likeness (QED) is 0.910. The van der Waals surface area contributed by atoms with Gasteiger partial charge in [-0.2, -0.15) is 0 Å². The molecule has 1 aliphatic rings. The first kappa shape index (κ1) is 15.2. The van der Waals surface area contributed by atoms with Crippen molar-refractivity contribution >= 4 is 17.5 Å². The van der Waals surface area contributed by atoms with Crippen LogP contribution in [0.3, 0.4) is 0 Å². The highest BCUT2D eigenvalue weighted by Crippen LogP contribution is 2.24. The summed E-state index contributed by atoms with van der Waals surface area (Å²) in [5, 5.41) is 9.15. The summed E-state index contributed by atoms with van der Waals surface area (Å²) in [5.41, 5.74) is -0.650. The minimum absolute atomic E-state index is 0.0631. The molecule has 0 spiro atoms. The molecule has 6 heteroatoms. The van der Waals surface area contributed by atoms with Crippen LogP contribution in [0.15, 0.2) is 18.2 Å². The van der Waals surface area contributed by atoms with Crippen LogP contribution in [0.2, 0.25) is 5.02 Å². The topological polar surface area (TPSA) is 49.8 Å². The molecule has 1 aromatic rings. The fraction of sp³-hybridized carbons (Fsp3) is 0.500. The first-order valence-corrected chi connectivity index (χ1v) is 6.74. The number of hydrogen-bond acceptors (Lipinski definition) is 3. The summed E-state index contributed by atoms with van der Waals surface area (Å²) in [5.74, 6) is -1.16. The van der Waals surface area contributed by atoms with Crippen LogP contribution in [0.25, 0.3) is 0 Å². The highest BCUT2D eigenvalue weighted by molar-refractivity contribution is 6.31. The molecule has 0 radical (unpaired) electrons. The number of halogens is 2. The van der Waals surface area contributed by atoms with Crippen molar-refractivity contribution in [2.75, 3.05) is 19.7 Å². The van der Waals surface area contributed by atoms with Crippen LogP contribution >= 0.6 is 11.6 Å². The molecular weight excluding hydrogens is 285 g/mol. The molecule has 20 heavy (non-hydrogen) atoms. The molecule has 2 rings (SSSR count). The van der Waals surface area contributed by atoms with Crippen LogP contribution in [-0.2, 0) is 4.74 Å². The molecule has 1 aliphatic heterocycles. The molecule has 0 saturated carbocycles. The summed E-state index contributed by atoms with van der Waals surface area (Å²) in [6.07, 6.45) is -0.468. The number of carbonyl (C=O) groups excluding carboxylic acids is 1. The van der Waals surface area contributed by atoms with Crippen molar-refractivity contribution in [3.05, 3.63) is 34.6 Å². The standard InChI is InChI=1S/C14H17ClFNO3/c1-14(2)8-17(6-9(7-18)20-14)13(19)10-4-3-5-11(15)12(10)16/h3-5,9,18H,6-8H2,1-2H3. The van der Waals surface area contributed by atoms with Crippen LogP contribution in [0.1, 0.15) is 24.2 Å². The lowest BCUT2D eigenvalue weighted by atomic mass is 10.0. The number of amides is 1. The zero-order valence-electron chi connectivity index (χ0n) is 11.4. The lowest BCUT2D eigenvalue weighted by molar-refractivity contribution is -0.139. The van der Waals surface area contributed by atoms with Gasteiger partial charge < -0.3 is 14.7 Å². The highest BCUT2D eigenvalue weighted by Gasteiger charge is 2.36. The van der Waals surface area contributed by atoms with Crippen molar-refractivity contribution in [3.63, 3.8) is 0 Å². The van der Waals surface area contributed by atoms with Gasteiger partial charge in [-0.05, 0) is 26.0 Å². The van der Waals surface area contributed by atoms with Crippen molar-refractivity contribution < 1.29 is 19.0 Å². The van der Waals surface area contributed by atoms with E-state index in [2.05, 4.69) is 0 Å². The zero-order chi connectivity index (χ0) is 14.9. The van der Waals surface area contributed by atoms with E-state index in [1.165, 1.54) is 23.1 Å². The molecule has 0 bridgehead atoms. The van der Waals surface area contributed by atoms with Gasteiger partial charge in [0.2, 0.25) is 0 Å². The molecule has 1 aromatic carbocycles. The van der Waals surface area contributed by atoms with Crippen LogP contribution in [0.4, 0.5) is 4.39 Å². The summed E-state index contributed by atoms with van der Waals surface area (Å²) in [6.45, 7) is 4.01. The van der Waals surface area contributed by atoms with Gasteiger partial charge in [0.25, 0.3) is 5.91 Å². The number of nitrogens with zero attached hydrogens (tertiary/aromatic N) is 1. The largest absolute Gasteiger partial charge is 0.394 e. The van der Waals surface area contributed by atoms with E-state index >= 15 is 0 Å². The van der Waals surface area contributed by atoms with E-state index in [-0.39, 0.29) is 23.7 Å². The van der Waals surface area contributed by atoms with Crippen molar-refractivity contribution in [2.24, 2.45) is 0 Å². The van der Waals surface area contributed by atoms with Crippen LogP contribution < -0.4 is 0 Å². The monoisotopic (exact) mass is 301 g/mol. The number of carbonyl (C=O) groups is 1. The number of morpholine rings is 1. The summed E-state index contributed by atoms with van der Waals surface area (Å²) in [7, 11) is 0. The minimum atomic E-state index is -0.719. The van der Waals surface area contributed by atoms with Gasteiger partial charge in [-0.3, -0.25) is 4.79 Å². The Balaban J connectivity index is 2.26. The van der Waals surface area contributed by atoms with Crippen molar-refractivity contribution in [1.82, 2.24) is 4.90 Å². The van der Waals surface area contributed by atoms with Crippen LogP contribution in [0, 0.1) is 5.82 Å². The Kier molecular flexibility index (Phi) is 4.32. The van der Waals surface area contributed by atoms with E-state index < -0.39 is 23.4 Å². The molecule has 0 aromatic heterocycles. The second-order valence-corrected chi connectivity index (χ2v) is 5.88. The smallest absolute Gasteiger partial charge is 0.257 e. The van der Waals surface area contributed by atoms with E-state index in [0.29, 0.717) is 6.54 Å². The minimum Gasteiger partial charge on any atom is -0.394 e. The summed E-state index contributed by atoms with van der Waals surface area (Å²) < 4.78 is 19.5. The van der Waals surface area contributed by atoms with E-state index in [1.807, 2.05) is 13.8 Å². The first-order valence-electron chi connectivity index (χ1n) is 6.36. The van der Waals surface area contributed by atoms with Crippen LogP contribution in [-0.4, -0.2) is 47.3 Å². The van der Waals surface area contributed by atoms with Gasteiger partial charge in [0.1, 0.15) is 0 Å². The van der Waals surface area contributed by atoms with Gasteiger partial charge in [-0.15, -0.1) is 0 Å². The molecule has 1 amide bonds. The number of benzene rings is 1. The number of hydrogen-bond donors (Lipinski definition) is 1. The molecule has 1 saturated heterocycles. The molecule has 0 aliphatic carbocycles. The molecule has 1 heterocycles. The number of aliphatic hydroxyl groups is 1. The predicted octanol–water partition coefficient (Wildman–Crippen LogP) is 2.09. The average Bonchev–Trinajstić information content (AvgIpc) is 2.39. The van der Waals surface area contributed by atoms with Crippen molar-refractivity contribution in [1.29, 1.82) is 0 Å². The van der Waals surface area contributed by atoms with Gasteiger partial charge in [0, 0.05) is 13.1 Å².